The lowest BCUT2D eigenvalue weighted by Crippen LogP contribution is -1.73. The van der Waals surface area contributed by atoms with Crippen LogP contribution in [0, 0.1) is 0 Å². The van der Waals surface area contributed by atoms with E-state index in [0.29, 0.717) is 0 Å². The van der Waals surface area contributed by atoms with Gasteiger partial charge in [-0.2, -0.15) is 0 Å². The van der Waals surface area contributed by atoms with E-state index < -0.39 is 0 Å². The lowest BCUT2D eigenvalue weighted by molar-refractivity contribution is 0.956. The molecule has 80 valence electrons. The van der Waals surface area contributed by atoms with E-state index in [-0.39, 0.29) is 0 Å². The molecule has 2 aromatic heterocycles. The topological polar surface area (TPSA) is 25.8 Å². The van der Waals surface area contributed by atoms with E-state index in [1.165, 1.54) is 8.66 Å². The van der Waals surface area contributed by atoms with E-state index in [1.807, 2.05) is 6.26 Å². The molecule has 0 unspecified atom stereocenters. The largest absolute Gasteiger partial charge is 0.175 e. The van der Waals surface area contributed by atoms with Crippen molar-refractivity contribution >= 4 is 62.1 Å². The first kappa shape index (κ1) is 11.9. The number of rotatable bonds is 4. The Bertz CT molecular complexity index is 439. The lowest BCUT2D eigenvalue weighted by atomic mass is 10.5. The maximum absolute atomic E-state index is 4.11. The van der Waals surface area contributed by atoms with Crippen molar-refractivity contribution in [2.24, 2.45) is 0 Å². The molecule has 15 heavy (non-hydrogen) atoms. The van der Waals surface area contributed by atoms with Crippen LogP contribution in [-0.4, -0.2) is 16.5 Å². The van der Waals surface area contributed by atoms with Gasteiger partial charge in [0.2, 0.25) is 0 Å². The van der Waals surface area contributed by atoms with Gasteiger partial charge in [-0.1, -0.05) is 34.9 Å². The molecule has 7 heteroatoms. The minimum atomic E-state index is 0.972. The summed E-state index contributed by atoms with van der Waals surface area (Å²) in [5.41, 5.74) is 0. The molecule has 2 rings (SSSR count). The van der Waals surface area contributed by atoms with Gasteiger partial charge in [-0.25, -0.2) is 0 Å². The van der Waals surface area contributed by atoms with Gasteiger partial charge in [-0.3, -0.25) is 0 Å². The Hall–Kier alpha value is 0.440. The number of thioether (sulfide) groups is 2. The van der Waals surface area contributed by atoms with E-state index in [4.69, 9.17) is 0 Å². The van der Waals surface area contributed by atoms with Crippen molar-refractivity contribution in [3.8, 4) is 0 Å². The molecule has 0 saturated heterocycles. The molecule has 2 heterocycles. The third-order valence-corrected chi connectivity index (χ3v) is 6.42. The van der Waals surface area contributed by atoms with Gasteiger partial charge in [0.1, 0.15) is 0 Å². The van der Waals surface area contributed by atoms with Crippen LogP contribution in [0.5, 0.6) is 0 Å². The molecule has 0 aliphatic rings. The monoisotopic (exact) mass is 338 g/mol. The summed E-state index contributed by atoms with van der Waals surface area (Å²) in [6.45, 7) is 0. The second-order valence-corrected chi connectivity index (χ2v) is 8.33. The van der Waals surface area contributed by atoms with Crippen molar-refractivity contribution in [2.45, 2.75) is 14.4 Å². The highest BCUT2D eigenvalue weighted by molar-refractivity contribution is 9.11. The molecule has 0 saturated carbocycles. The van der Waals surface area contributed by atoms with Crippen LogP contribution in [0.15, 0.2) is 24.6 Å². The van der Waals surface area contributed by atoms with Crippen LogP contribution < -0.4 is 0 Å². The first-order valence-electron chi connectivity index (χ1n) is 4.02. The highest BCUT2D eigenvalue weighted by Crippen LogP contribution is 2.32. The van der Waals surface area contributed by atoms with Gasteiger partial charge in [0.15, 0.2) is 8.68 Å². The molecular weight excluding hydrogens is 332 g/mol. The maximum Gasteiger partial charge on any atom is 0.175 e. The Balaban J connectivity index is 1.93. The summed E-state index contributed by atoms with van der Waals surface area (Å²) < 4.78 is 3.26. The first-order valence-corrected chi connectivity index (χ1v) is 8.66. The first-order chi connectivity index (χ1) is 7.28. The number of hydrogen-bond donors (Lipinski definition) is 0. The summed E-state index contributed by atoms with van der Waals surface area (Å²) in [6, 6.07) is 4.21. The normalized spacial score (nSPS) is 10.8. The van der Waals surface area contributed by atoms with E-state index in [1.54, 1.807) is 46.2 Å². The van der Waals surface area contributed by atoms with E-state index in [0.717, 1.165) is 14.4 Å². The Morgan fingerprint density at radius 2 is 2.07 bits per heavy atom. The van der Waals surface area contributed by atoms with Gasteiger partial charge < -0.3 is 0 Å². The zero-order valence-electron chi connectivity index (χ0n) is 7.77. The quantitative estimate of drug-likeness (QED) is 0.772. The Morgan fingerprint density at radius 1 is 1.27 bits per heavy atom. The summed E-state index contributed by atoms with van der Waals surface area (Å²) in [4.78, 5) is 1.35. The van der Waals surface area contributed by atoms with Crippen molar-refractivity contribution in [3.05, 3.63) is 20.8 Å². The summed E-state index contributed by atoms with van der Waals surface area (Å²) >= 11 is 10.3. The molecule has 0 fully saturated rings. The number of hydrogen-bond acceptors (Lipinski definition) is 6. The molecular formula is C8H7BrN2S4. The van der Waals surface area contributed by atoms with Gasteiger partial charge in [-0.15, -0.1) is 21.5 Å². The van der Waals surface area contributed by atoms with Crippen molar-refractivity contribution in [2.75, 3.05) is 6.26 Å². The zero-order chi connectivity index (χ0) is 10.7. The van der Waals surface area contributed by atoms with Crippen LogP contribution in [0.4, 0.5) is 0 Å². The van der Waals surface area contributed by atoms with Gasteiger partial charge in [-0.05, 0) is 34.3 Å². The molecule has 0 spiro atoms. The minimum absolute atomic E-state index is 0.972. The van der Waals surface area contributed by atoms with Gasteiger partial charge >= 0.3 is 0 Å². The van der Waals surface area contributed by atoms with Crippen LogP contribution >= 0.6 is 62.1 Å². The lowest BCUT2D eigenvalue weighted by Gasteiger charge is -1.91. The molecule has 2 nitrogen and oxygen atoms in total. The maximum atomic E-state index is 4.11. The molecule has 2 aromatic rings. The summed E-state index contributed by atoms with van der Waals surface area (Å²) in [6.07, 6.45) is 2.02. The fraction of sp³-hybridized carbons (Fsp3) is 0.250. The summed E-state index contributed by atoms with van der Waals surface area (Å²) in [5.74, 6) is 0.972. The molecule has 0 bridgehead atoms. The van der Waals surface area contributed by atoms with E-state index in [9.17, 15) is 0 Å². The van der Waals surface area contributed by atoms with Crippen LogP contribution in [0.3, 0.4) is 0 Å². The number of aromatic nitrogens is 2. The molecule has 0 amide bonds. The number of halogens is 1. The van der Waals surface area contributed by atoms with Crippen LogP contribution in [0.1, 0.15) is 4.88 Å². The Labute approximate surface area is 113 Å². The fourth-order valence-corrected chi connectivity index (χ4v) is 4.86. The average molecular weight is 339 g/mol. The van der Waals surface area contributed by atoms with E-state index in [2.05, 4.69) is 38.3 Å². The average Bonchev–Trinajstić information content (AvgIpc) is 2.83. The molecule has 0 aliphatic carbocycles. The van der Waals surface area contributed by atoms with Gasteiger partial charge in [0.05, 0.1) is 3.79 Å². The zero-order valence-corrected chi connectivity index (χ0v) is 12.6. The van der Waals surface area contributed by atoms with E-state index >= 15 is 0 Å². The van der Waals surface area contributed by atoms with Crippen molar-refractivity contribution in [1.82, 2.24) is 10.2 Å². The van der Waals surface area contributed by atoms with Crippen molar-refractivity contribution in [1.29, 1.82) is 0 Å². The predicted octanol–water partition coefficient (Wildman–Crippen LogP) is 4.38. The minimum Gasteiger partial charge on any atom is -0.132 e. The van der Waals surface area contributed by atoms with Crippen molar-refractivity contribution < 1.29 is 0 Å². The Morgan fingerprint density at radius 3 is 2.67 bits per heavy atom. The summed E-state index contributed by atoms with van der Waals surface area (Å²) in [5, 5.41) is 8.17. The standard InChI is InChI=1S/C8H7BrN2S4/c1-12-7-10-11-8(15-7)13-4-5-2-3-6(9)14-5/h2-3H,4H2,1H3. The van der Waals surface area contributed by atoms with Crippen molar-refractivity contribution in [3.63, 3.8) is 0 Å². The fourth-order valence-electron chi connectivity index (χ4n) is 0.900. The van der Waals surface area contributed by atoms with Crippen LogP contribution in [0.2, 0.25) is 0 Å². The molecule has 0 aromatic carbocycles. The second-order valence-electron chi connectivity index (χ2n) is 2.53. The molecule has 0 N–H and O–H groups in total. The second kappa shape index (κ2) is 5.67. The highest BCUT2D eigenvalue weighted by Gasteiger charge is 2.05. The number of thiophene rings is 1. The smallest absolute Gasteiger partial charge is 0.132 e. The Kier molecular flexibility index (Phi) is 4.51. The highest BCUT2D eigenvalue weighted by atomic mass is 79.9. The number of nitrogens with zero attached hydrogens (tertiary/aromatic N) is 2. The third-order valence-electron chi connectivity index (χ3n) is 1.53. The molecule has 0 radical (unpaired) electrons. The third kappa shape index (κ3) is 3.45. The summed E-state index contributed by atoms with van der Waals surface area (Å²) in [7, 11) is 0. The van der Waals surface area contributed by atoms with Gasteiger partial charge in [0, 0.05) is 10.6 Å². The van der Waals surface area contributed by atoms with Gasteiger partial charge in [0.25, 0.3) is 0 Å². The SMILES string of the molecule is CSc1nnc(SCc2ccc(Br)s2)s1. The van der Waals surface area contributed by atoms with Crippen LogP contribution in [-0.2, 0) is 5.75 Å². The molecule has 0 atom stereocenters. The molecule has 0 aliphatic heterocycles. The van der Waals surface area contributed by atoms with Crippen LogP contribution in [0.25, 0.3) is 0 Å². The predicted molar refractivity (Wildman–Crippen MR) is 73.3 cm³/mol.